The van der Waals surface area contributed by atoms with E-state index in [1.807, 2.05) is 42.6 Å². The quantitative estimate of drug-likeness (QED) is 0.448. The van der Waals surface area contributed by atoms with Crippen LogP contribution in [0.2, 0.25) is 0 Å². The largest absolute Gasteiger partial charge is 0.376 e. The Labute approximate surface area is 193 Å². The molecule has 0 bridgehead atoms. The van der Waals surface area contributed by atoms with E-state index >= 15 is 0 Å². The number of amides is 2. The number of nitrogens with one attached hydrogen (secondary N) is 4. The summed E-state index contributed by atoms with van der Waals surface area (Å²) in [6.07, 6.45) is 4.97. The minimum absolute atomic E-state index is 0.0508. The molecule has 0 saturated carbocycles. The van der Waals surface area contributed by atoms with Crippen molar-refractivity contribution < 1.29 is 14.3 Å². The number of rotatable bonds is 7. The van der Waals surface area contributed by atoms with Gasteiger partial charge in [0.15, 0.2) is 0 Å². The van der Waals surface area contributed by atoms with Crippen LogP contribution in [0.5, 0.6) is 0 Å². The van der Waals surface area contributed by atoms with Crippen LogP contribution in [0.25, 0.3) is 10.9 Å². The van der Waals surface area contributed by atoms with Crippen molar-refractivity contribution in [3.8, 4) is 0 Å². The Hall–Kier alpha value is -3.16. The molecule has 3 heterocycles. The van der Waals surface area contributed by atoms with Crippen molar-refractivity contribution in [3.05, 3.63) is 71.4 Å². The number of hydrogen-bond donors (Lipinski definition) is 4. The molecule has 1 saturated heterocycles. The number of aromatic nitrogens is 1. The van der Waals surface area contributed by atoms with E-state index in [2.05, 4.69) is 33.1 Å². The lowest BCUT2D eigenvalue weighted by Crippen LogP contribution is -2.55. The number of carbonyl (C=O) groups is 2. The van der Waals surface area contributed by atoms with Gasteiger partial charge in [0.25, 0.3) is 0 Å². The molecule has 3 atom stereocenters. The highest BCUT2D eigenvalue weighted by Crippen LogP contribution is 2.20. The summed E-state index contributed by atoms with van der Waals surface area (Å²) in [5.41, 5.74) is 4.41. The maximum Gasteiger partial charge on any atom is 0.243 e. The lowest BCUT2D eigenvalue weighted by atomic mass is 9.95. The van der Waals surface area contributed by atoms with Gasteiger partial charge in [0.1, 0.15) is 6.04 Å². The van der Waals surface area contributed by atoms with E-state index in [-0.39, 0.29) is 24.0 Å². The number of H-pyrrole nitrogens is 1. The minimum Gasteiger partial charge on any atom is -0.376 e. The predicted octanol–water partition coefficient (Wildman–Crippen LogP) is 2.20. The maximum atomic E-state index is 13.2. The van der Waals surface area contributed by atoms with E-state index in [0.717, 1.165) is 35.9 Å². The van der Waals surface area contributed by atoms with Gasteiger partial charge in [-0.15, -0.1) is 0 Å². The lowest BCUT2D eigenvalue weighted by Gasteiger charge is -2.27. The average Bonchev–Trinajstić information content (AvgIpc) is 3.52. The lowest BCUT2D eigenvalue weighted by molar-refractivity contribution is -0.130. The van der Waals surface area contributed by atoms with Crippen LogP contribution in [0.15, 0.2) is 54.7 Å². The average molecular weight is 447 g/mol. The summed E-state index contributed by atoms with van der Waals surface area (Å²) in [5.74, 6) is -0.332. The van der Waals surface area contributed by atoms with Crippen molar-refractivity contribution in [2.45, 2.75) is 50.4 Å². The SMILES string of the molecule is O=C(N[C@@H](Cc1c[nH]c2ccccc12)C(=O)NC[C@@H]1CCCO1)[C@@H]1Cc2ccccc2CN1. The highest BCUT2D eigenvalue weighted by Gasteiger charge is 2.29. The van der Waals surface area contributed by atoms with Gasteiger partial charge in [-0.2, -0.15) is 0 Å². The second-order valence-electron chi connectivity index (χ2n) is 8.91. The summed E-state index contributed by atoms with van der Waals surface area (Å²) in [6.45, 7) is 1.85. The highest BCUT2D eigenvalue weighted by atomic mass is 16.5. The van der Waals surface area contributed by atoms with E-state index < -0.39 is 6.04 Å². The van der Waals surface area contributed by atoms with Crippen molar-refractivity contribution in [1.82, 2.24) is 20.9 Å². The van der Waals surface area contributed by atoms with Gasteiger partial charge in [0.05, 0.1) is 12.1 Å². The van der Waals surface area contributed by atoms with Crippen LogP contribution < -0.4 is 16.0 Å². The standard InChI is InChI=1S/C26H30N4O3/c31-25(29-16-20-8-5-11-33-20)24(13-19-15-27-22-10-4-3-9-21(19)22)30-26(32)23-12-17-6-1-2-7-18(17)14-28-23/h1-4,6-7,9-10,15,20,23-24,27-28H,5,8,11-14,16H2,(H,29,31)(H,30,32)/t20-,23-,24-/m0/s1. The first-order valence-corrected chi connectivity index (χ1v) is 11.7. The molecule has 4 N–H and O–H groups in total. The summed E-state index contributed by atoms with van der Waals surface area (Å²) >= 11 is 0. The molecule has 0 radical (unpaired) electrons. The second kappa shape index (κ2) is 9.77. The fraction of sp³-hybridized carbons (Fsp3) is 0.385. The molecule has 33 heavy (non-hydrogen) atoms. The summed E-state index contributed by atoms with van der Waals surface area (Å²) in [5, 5.41) is 10.4. The van der Waals surface area contributed by atoms with Gasteiger partial charge in [0.2, 0.25) is 11.8 Å². The Balaban J connectivity index is 1.30. The molecule has 0 unspecified atom stereocenters. The molecule has 2 aliphatic rings. The van der Waals surface area contributed by atoms with Gasteiger partial charge in [-0.3, -0.25) is 9.59 Å². The predicted molar refractivity (Wildman–Crippen MR) is 127 cm³/mol. The fourth-order valence-corrected chi connectivity index (χ4v) is 4.78. The molecule has 0 aliphatic carbocycles. The van der Waals surface area contributed by atoms with Gasteiger partial charge in [-0.05, 0) is 42.0 Å². The number of aromatic amines is 1. The molecule has 1 aromatic heterocycles. The molecule has 7 nitrogen and oxygen atoms in total. The van der Waals surface area contributed by atoms with Gasteiger partial charge in [0, 0.05) is 43.2 Å². The number of para-hydroxylation sites is 1. The number of fused-ring (bicyclic) bond motifs is 2. The van der Waals surface area contributed by atoms with Gasteiger partial charge < -0.3 is 25.7 Å². The molecular weight excluding hydrogens is 416 g/mol. The molecule has 0 spiro atoms. The van der Waals surface area contributed by atoms with E-state index in [4.69, 9.17) is 4.74 Å². The molecular formula is C26H30N4O3. The van der Waals surface area contributed by atoms with E-state index in [1.165, 1.54) is 11.1 Å². The first-order chi connectivity index (χ1) is 16.2. The van der Waals surface area contributed by atoms with Gasteiger partial charge in [-0.25, -0.2) is 0 Å². The number of hydrogen-bond acceptors (Lipinski definition) is 4. The van der Waals surface area contributed by atoms with Crippen LogP contribution in [0.3, 0.4) is 0 Å². The number of ether oxygens (including phenoxy) is 1. The minimum atomic E-state index is -0.669. The maximum absolute atomic E-state index is 13.2. The second-order valence-corrected chi connectivity index (χ2v) is 8.91. The van der Waals surface area contributed by atoms with Crippen LogP contribution in [-0.4, -0.2) is 48.1 Å². The monoisotopic (exact) mass is 446 g/mol. The molecule has 2 aromatic carbocycles. The van der Waals surface area contributed by atoms with Crippen molar-refractivity contribution >= 4 is 22.7 Å². The molecule has 2 aliphatic heterocycles. The summed E-state index contributed by atoms with van der Waals surface area (Å²) in [4.78, 5) is 29.6. The number of carbonyl (C=O) groups excluding carboxylic acids is 2. The molecule has 2 amide bonds. The van der Waals surface area contributed by atoms with Crippen molar-refractivity contribution in [2.24, 2.45) is 0 Å². The zero-order valence-electron chi connectivity index (χ0n) is 18.6. The third kappa shape index (κ3) is 4.94. The number of benzene rings is 2. The molecule has 3 aromatic rings. The summed E-state index contributed by atoms with van der Waals surface area (Å²) in [7, 11) is 0. The molecule has 172 valence electrons. The van der Waals surface area contributed by atoms with E-state index in [0.29, 0.717) is 25.9 Å². The summed E-state index contributed by atoms with van der Waals surface area (Å²) in [6, 6.07) is 15.1. The first kappa shape index (κ1) is 21.7. The first-order valence-electron chi connectivity index (χ1n) is 11.7. The summed E-state index contributed by atoms with van der Waals surface area (Å²) < 4.78 is 5.64. The van der Waals surface area contributed by atoms with Crippen LogP contribution in [0.4, 0.5) is 0 Å². The van der Waals surface area contributed by atoms with Gasteiger partial charge in [-0.1, -0.05) is 42.5 Å². The zero-order chi connectivity index (χ0) is 22.6. The topological polar surface area (TPSA) is 95.2 Å². The Morgan fingerprint density at radius 3 is 2.76 bits per heavy atom. The third-order valence-electron chi connectivity index (χ3n) is 6.66. The van der Waals surface area contributed by atoms with Crippen LogP contribution in [0, 0.1) is 0 Å². The van der Waals surface area contributed by atoms with E-state index in [1.54, 1.807) is 0 Å². The smallest absolute Gasteiger partial charge is 0.243 e. The molecule has 7 heteroatoms. The Morgan fingerprint density at radius 2 is 1.91 bits per heavy atom. The third-order valence-corrected chi connectivity index (χ3v) is 6.66. The fourth-order valence-electron chi connectivity index (χ4n) is 4.78. The Bertz CT molecular complexity index is 1140. The van der Waals surface area contributed by atoms with E-state index in [9.17, 15) is 9.59 Å². The zero-order valence-corrected chi connectivity index (χ0v) is 18.6. The van der Waals surface area contributed by atoms with Crippen LogP contribution >= 0.6 is 0 Å². The van der Waals surface area contributed by atoms with Crippen LogP contribution in [0.1, 0.15) is 29.5 Å². The van der Waals surface area contributed by atoms with Crippen molar-refractivity contribution in [2.75, 3.05) is 13.2 Å². The van der Waals surface area contributed by atoms with Crippen molar-refractivity contribution in [3.63, 3.8) is 0 Å². The van der Waals surface area contributed by atoms with Crippen molar-refractivity contribution in [1.29, 1.82) is 0 Å². The highest BCUT2D eigenvalue weighted by molar-refractivity contribution is 5.91. The normalized spacial score (nSPS) is 20.8. The van der Waals surface area contributed by atoms with Crippen LogP contribution in [-0.2, 0) is 33.7 Å². The Morgan fingerprint density at radius 1 is 1.09 bits per heavy atom. The molecule has 1 fully saturated rings. The molecule has 5 rings (SSSR count). The van der Waals surface area contributed by atoms with Gasteiger partial charge >= 0.3 is 0 Å². The Kier molecular flexibility index (Phi) is 6.41.